The molecule has 6 heteroatoms. The summed E-state index contributed by atoms with van der Waals surface area (Å²) >= 11 is 5.96. The van der Waals surface area contributed by atoms with Crippen molar-refractivity contribution < 1.29 is 19.1 Å². The van der Waals surface area contributed by atoms with Crippen LogP contribution in [-0.2, 0) is 19.1 Å². The first-order valence-corrected chi connectivity index (χ1v) is 6.20. The second kappa shape index (κ2) is 7.76. The van der Waals surface area contributed by atoms with E-state index in [0.717, 1.165) is 5.56 Å². The molecule has 0 aliphatic carbocycles. The zero-order valence-electron chi connectivity index (χ0n) is 10.9. The highest BCUT2D eigenvalue weighted by Gasteiger charge is 2.09. The monoisotopic (exact) mass is 285 g/mol. The van der Waals surface area contributed by atoms with E-state index in [2.05, 4.69) is 5.32 Å². The molecule has 0 radical (unpaired) electrons. The van der Waals surface area contributed by atoms with Gasteiger partial charge in [0, 0.05) is 6.61 Å². The molecule has 1 aromatic rings. The van der Waals surface area contributed by atoms with E-state index in [1.165, 1.54) is 0 Å². The van der Waals surface area contributed by atoms with E-state index < -0.39 is 11.9 Å². The lowest BCUT2D eigenvalue weighted by Crippen LogP contribution is -2.23. The van der Waals surface area contributed by atoms with E-state index in [9.17, 15) is 9.59 Å². The van der Waals surface area contributed by atoms with E-state index in [1.54, 1.807) is 19.1 Å². The number of anilines is 1. The van der Waals surface area contributed by atoms with E-state index in [0.29, 0.717) is 17.3 Å². The minimum Gasteiger partial charge on any atom is -0.454 e. The summed E-state index contributed by atoms with van der Waals surface area (Å²) in [5.41, 5.74) is 1.48. The highest BCUT2D eigenvalue weighted by atomic mass is 35.5. The average Bonchev–Trinajstić information content (AvgIpc) is 2.37. The molecule has 0 saturated heterocycles. The Morgan fingerprint density at radius 3 is 2.68 bits per heavy atom. The van der Waals surface area contributed by atoms with Gasteiger partial charge in [0.25, 0.3) is 5.91 Å². The van der Waals surface area contributed by atoms with Gasteiger partial charge in [-0.1, -0.05) is 17.7 Å². The van der Waals surface area contributed by atoms with Crippen LogP contribution < -0.4 is 5.32 Å². The number of halogens is 1. The maximum Gasteiger partial charge on any atom is 0.332 e. The molecule has 0 aromatic heterocycles. The highest BCUT2D eigenvalue weighted by Crippen LogP contribution is 2.22. The Labute approximate surface area is 116 Å². The average molecular weight is 286 g/mol. The molecule has 0 saturated carbocycles. The highest BCUT2D eigenvalue weighted by molar-refractivity contribution is 6.33. The molecule has 5 nitrogen and oxygen atoms in total. The Morgan fingerprint density at radius 2 is 2.05 bits per heavy atom. The lowest BCUT2D eigenvalue weighted by Gasteiger charge is -2.08. The molecule has 0 spiro atoms. The third kappa shape index (κ3) is 5.72. The summed E-state index contributed by atoms with van der Waals surface area (Å²) in [7, 11) is 0. The van der Waals surface area contributed by atoms with Crippen LogP contribution in [0.2, 0.25) is 5.02 Å². The van der Waals surface area contributed by atoms with Gasteiger partial charge in [-0.25, -0.2) is 4.79 Å². The van der Waals surface area contributed by atoms with Crippen molar-refractivity contribution in [1.29, 1.82) is 0 Å². The number of ether oxygens (including phenoxy) is 2. The molecule has 0 atom stereocenters. The molecule has 0 bridgehead atoms. The molecule has 0 aliphatic heterocycles. The van der Waals surface area contributed by atoms with Gasteiger partial charge < -0.3 is 14.8 Å². The smallest absolute Gasteiger partial charge is 0.332 e. The maximum absolute atomic E-state index is 11.5. The van der Waals surface area contributed by atoms with Crippen LogP contribution >= 0.6 is 11.6 Å². The van der Waals surface area contributed by atoms with Crippen LogP contribution in [0.4, 0.5) is 5.69 Å². The van der Waals surface area contributed by atoms with Gasteiger partial charge in [-0.05, 0) is 31.5 Å². The Hall–Kier alpha value is -1.59. The molecule has 0 heterocycles. The fraction of sp³-hybridized carbons (Fsp3) is 0.385. The molecule has 0 fully saturated rings. The predicted octanol–water partition coefficient (Wildman–Crippen LogP) is 2.17. The van der Waals surface area contributed by atoms with Crippen LogP contribution in [0, 0.1) is 6.92 Å². The quantitative estimate of drug-likeness (QED) is 0.814. The van der Waals surface area contributed by atoms with Gasteiger partial charge in [0.1, 0.15) is 6.61 Å². The summed E-state index contributed by atoms with van der Waals surface area (Å²) in [5.74, 6) is -1.03. The predicted molar refractivity (Wildman–Crippen MR) is 72.3 cm³/mol. The van der Waals surface area contributed by atoms with Crippen molar-refractivity contribution in [1.82, 2.24) is 0 Å². The Bertz CT molecular complexity index is 462. The topological polar surface area (TPSA) is 64.6 Å². The SMILES string of the molecule is CCOCC(=O)OCC(=O)Nc1ccc(C)cc1Cl. The summed E-state index contributed by atoms with van der Waals surface area (Å²) < 4.78 is 9.57. The first-order valence-electron chi connectivity index (χ1n) is 5.82. The number of amides is 1. The summed E-state index contributed by atoms with van der Waals surface area (Å²) in [4.78, 5) is 22.7. The van der Waals surface area contributed by atoms with Crippen LogP contribution in [0.25, 0.3) is 0 Å². The van der Waals surface area contributed by atoms with Crippen LogP contribution in [0.1, 0.15) is 12.5 Å². The number of benzene rings is 1. The minimum absolute atomic E-state index is 0.158. The van der Waals surface area contributed by atoms with Crippen LogP contribution in [0.5, 0.6) is 0 Å². The van der Waals surface area contributed by atoms with Gasteiger partial charge in [-0.15, -0.1) is 0 Å². The third-order valence-corrected chi connectivity index (χ3v) is 2.50. The molecule has 1 amide bonds. The second-order valence-corrected chi connectivity index (χ2v) is 4.24. The lowest BCUT2D eigenvalue weighted by atomic mass is 10.2. The summed E-state index contributed by atoms with van der Waals surface area (Å²) in [6.07, 6.45) is 0. The summed E-state index contributed by atoms with van der Waals surface area (Å²) in [5, 5.41) is 3.00. The van der Waals surface area contributed by atoms with Crippen LogP contribution in [-0.4, -0.2) is 31.7 Å². The Morgan fingerprint density at radius 1 is 1.32 bits per heavy atom. The van der Waals surface area contributed by atoms with Gasteiger partial charge in [0.05, 0.1) is 10.7 Å². The zero-order chi connectivity index (χ0) is 14.3. The largest absolute Gasteiger partial charge is 0.454 e. The molecule has 1 rings (SSSR count). The van der Waals surface area contributed by atoms with Gasteiger partial charge >= 0.3 is 5.97 Å². The molecular formula is C13H16ClNO4. The second-order valence-electron chi connectivity index (χ2n) is 3.83. The minimum atomic E-state index is -0.577. The van der Waals surface area contributed by atoms with E-state index in [4.69, 9.17) is 21.1 Å². The lowest BCUT2D eigenvalue weighted by molar-refractivity contribution is -0.151. The number of carbonyl (C=O) groups is 2. The molecule has 0 aliphatic rings. The first-order chi connectivity index (χ1) is 9.02. The number of aryl methyl sites for hydroxylation is 1. The van der Waals surface area contributed by atoms with E-state index in [-0.39, 0.29) is 13.2 Å². The summed E-state index contributed by atoms with van der Waals surface area (Å²) in [6, 6.07) is 5.25. The number of rotatable bonds is 6. The Balaban J connectivity index is 2.41. The standard InChI is InChI=1S/C13H16ClNO4/c1-3-18-8-13(17)19-7-12(16)15-11-5-4-9(2)6-10(11)14/h4-6H,3,7-8H2,1-2H3,(H,15,16). The van der Waals surface area contributed by atoms with Crippen LogP contribution in [0.15, 0.2) is 18.2 Å². The van der Waals surface area contributed by atoms with Gasteiger partial charge in [0.2, 0.25) is 0 Å². The van der Waals surface area contributed by atoms with Crippen molar-refractivity contribution in [3.63, 3.8) is 0 Å². The molecule has 1 aromatic carbocycles. The number of hydrogen-bond donors (Lipinski definition) is 1. The number of hydrogen-bond acceptors (Lipinski definition) is 4. The third-order valence-electron chi connectivity index (χ3n) is 2.19. The molecule has 104 valence electrons. The van der Waals surface area contributed by atoms with Crippen molar-refractivity contribution >= 4 is 29.2 Å². The van der Waals surface area contributed by atoms with Crippen molar-refractivity contribution in [2.45, 2.75) is 13.8 Å². The van der Waals surface area contributed by atoms with Crippen molar-refractivity contribution in [3.05, 3.63) is 28.8 Å². The van der Waals surface area contributed by atoms with Crippen molar-refractivity contribution in [3.8, 4) is 0 Å². The molecule has 0 unspecified atom stereocenters. The van der Waals surface area contributed by atoms with E-state index >= 15 is 0 Å². The molecular weight excluding hydrogens is 270 g/mol. The number of carbonyl (C=O) groups excluding carboxylic acids is 2. The fourth-order valence-corrected chi connectivity index (χ4v) is 1.56. The fourth-order valence-electron chi connectivity index (χ4n) is 1.28. The maximum atomic E-state index is 11.5. The van der Waals surface area contributed by atoms with Gasteiger partial charge in [-0.3, -0.25) is 4.79 Å². The van der Waals surface area contributed by atoms with Crippen molar-refractivity contribution in [2.24, 2.45) is 0 Å². The Kier molecular flexibility index (Phi) is 6.32. The van der Waals surface area contributed by atoms with Crippen molar-refractivity contribution in [2.75, 3.05) is 25.1 Å². The zero-order valence-corrected chi connectivity index (χ0v) is 11.6. The van der Waals surface area contributed by atoms with E-state index in [1.807, 2.05) is 13.0 Å². The van der Waals surface area contributed by atoms with Crippen LogP contribution in [0.3, 0.4) is 0 Å². The number of esters is 1. The summed E-state index contributed by atoms with van der Waals surface area (Å²) in [6.45, 7) is 3.55. The molecule has 19 heavy (non-hydrogen) atoms. The number of nitrogens with one attached hydrogen (secondary N) is 1. The van der Waals surface area contributed by atoms with Gasteiger partial charge in [-0.2, -0.15) is 0 Å². The van der Waals surface area contributed by atoms with Gasteiger partial charge in [0.15, 0.2) is 6.61 Å². The normalized spacial score (nSPS) is 10.1. The molecule has 1 N–H and O–H groups in total. The first kappa shape index (κ1) is 15.5.